The molecular weight excluding hydrogens is 273 g/mol. The number of hydrogen-bond acceptors (Lipinski definition) is 1. The van der Waals surface area contributed by atoms with Crippen molar-refractivity contribution in [3.05, 3.63) is 34.6 Å². The van der Waals surface area contributed by atoms with Crippen molar-refractivity contribution in [1.82, 2.24) is 5.32 Å². The number of rotatable bonds is 4. The van der Waals surface area contributed by atoms with E-state index in [4.69, 9.17) is 11.6 Å². The Bertz CT molecular complexity index is 423. The summed E-state index contributed by atoms with van der Waals surface area (Å²) in [5, 5.41) is 4.05. The van der Waals surface area contributed by atoms with Gasteiger partial charge in [0, 0.05) is 16.1 Å². The standard InChI is InChI=1S/C17H27ClFN/c1-16(2,3)12(11-20-17(4,5)6)10-13-14(18)8-7-9-15(13)19/h7-9,12,20H,10-11H2,1-6H3. The summed E-state index contributed by atoms with van der Waals surface area (Å²) < 4.78 is 14.0. The molecule has 0 radical (unpaired) electrons. The van der Waals surface area contributed by atoms with Gasteiger partial charge in [-0.2, -0.15) is 0 Å². The molecule has 0 bridgehead atoms. The Morgan fingerprint density at radius 3 is 2.20 bits per heavy atom. The minimum absolute atomic E-state index is 0.0581. The average molecular weight is 300 g/mol. The fraction of sp³-hybridized carbons (Fsp3) is 0.647. The molecule has 20 heavy (non-hydrogen) atoms. The van der Waals surface area contributed by atoms with Crippen LogP contribution in [0.1, 0.15) is 47.1 Å². The van der Waals surface area contributed by atoms with Crippen LogP contribution >= 0.6 is 11.6 Å². The zero-order valence-corrected chi connectivity index (χ0v) is 14.2. The normalized spacial score (nSPS) is 14.4. The molecule has 1 rings (SSSR count). The highest BCUT2D eigenvalue weighted by Gasteiger charge is 2.27. The molecule has 1 nitrogen and oxygen atoms in total. The first-order chi connectivity index (χ1) is 9.00. The van der Waals surface area contributed by atoms with Gasteiger partial charge < -0.3 is 5.32 Å². The number of hydrogen-bond donors (Lipinski definition) is 1. The van der Waals surface area contributed by atoms with E-state index in [2.05, 4.69) is 46.9 Å². The van der Waals surface area contributed by atoms with Crippen LogP contribution < -0.4 is 5.32 Å². The summed E-state index contributed by atoms with van der Waals surface area (Å²) in [6.07, 6.45) is 0.651. The molecular formula is C17H27ClFN. The van der Waals surface area contributed by atoms with Crippen LogP contribution in [0.15, 0.2) is 18.2 Å². The largest absolute Gasteiger partial charge is 0.312 e. The first-order valence-electron chi connectivity index (χ1n) is 7.18. The Morgan fingerprint density at radius 2 is 1.75 bits per heavy atom. The second kappa shape index (κ2) is 6.44. The molecule has 1 unspecified atom stereocenters. The van der Waals surface area contributed by atoms with Crippen LogP contribution in [0.2, 0.25) is 5.02 Å². The molecule has 0 amide bonds. The van der Waals surface area contributed by atoms with E-state index in [1.54, 1.807) is 12.1 Å². The van der Waals surface area contributed by atoms with E-state index in [9.17, 15) is 4.39 Å². The lowest BCUT2D eigenvalue weighted by Crippen LogP contribution is -2.42. The molecule has 1 N–H and O–H groups in total. The summed E-state index contributed by atoms with van der Waals surface area (Å²) in [7, 11) is 0. The van der Waals surface area contributed by atoms with Gasteiger partial charge in [-0.25, -0.2) is 4.39 Å². The molecule has 3 heteroatoms. The minimum Gasteiger partial charge on any atom is -0.312 e. The van der Waals surface area contributed by atoms with Gasteiger partial charge in [-0.05, 0) is 57.2 Å². The van der Waals surface area contributed by atoms with Crippen molar-refractivity contribution >= 4 is 11.6 Å². The average Bonchev–Trinajstić information content (AvgIpc) is 2.24. The van der Waals surface area contributed by atoms with E-state index < -0.39 is 0 Å². The lowest BCUT2D eigenvalue weighted by atomic mass is 9.76. The van der Waals surface area contributed by atoms with E-state index in [0.29, 0.717) is 22.9 Å². The Morgan fingerprint density at radius 1 is 1.15 bits per heavy atom. The maximum atomic E-state index is 14.0. The summed E-state index contributed by atoms with van der Waals surface area (Å²) >= 11 is 6.15. The molecule has 0 fully saturated rings. The maximum Gasteiger partial charge on any atom is 0.127 e. The lowest BCUT2D eigenvalue weighted by Gasteiger charge is -2.34. The predicted octanol–water partition coefficient (Wildman–Crippen LogP) is 5.07. The molecule has 0 aliphatic carbocycles. The highest BCUT2D eigenvalue weighted by atomic mass is 35.5. The van der Waals surface area contributed by atoms with Crippen LogP contribution in [-0.2, 0) is 6.42 Å². The Kier molecular flexibility index (Phi) is 5.62. The summed E-state index contributed by atoms with van der Waals surface area (Å²) in [4.78, 5) is 0. The zero-order chi connectivity index (χ0) is 15.6. The number of benzene rings is 1. The first kappa shape index (κ1) is 17.5. The van der Waals surface area contributed by atoms with Crippen molar-refractivity contribution in [2.45, 2.75) is 53.5 Å². The van der Waals surface area contributed by atoms with Crippen molar-refractivity contribution in [3.8, 4) is 0 Å². The SMILES string of the molecule is CC(C)(C)NCC(Cc1c(F)cccc1Cl)C(C)(C)C. The fourth-order valence-corrected chi connectivity index (χ4v) is 2.33. The second-order valence-electron chi connectivity index (χ2n) is 7.60. The maximum absolute atomic E-state index is 14.0. The third kappa shape index (κ3) is 5.41. The highest BCUT2D eigenvalue weighted by molar-refractivity contribution is 6.31. The van der Waals surface area contributed by atoms with Crippen molar-refractivity contribution < 1.29 is 4.39 Å². The van der Waals surface area contributed by atoms with Gasteiger partial charge in [0.15, 0.2) is 0 Å². The molecule has 0 aromatic heterocycles. The van der Waals surface area contributed by atoms with Gasteiger partial charge in [-0.15, -0.1) is 0 Å². The van der Waals surface area contributed by atoms with Crippen LogP contribution in [0.3, 0.4) is 0 Å². The van der Waals surface area contributed by atoms with Crippen molar-refractivity contribution in [3.63, 3.8) is 0 Å². The quantitative estimate of drug-likeness (QED) is 0.818. The van der Waals surface area contributed by atoms with E-state index in [1.807, 2.05) is 0 Å². The van der Waals surface area contributed by atoms with E-state index in [0.717, 1.165) is 6.54 Å². The molecule has 0 aliphatic rings. The Labute approximate surface area is 127 Å². The molecule has 0 saturated heterocycles. The molecule has 1 aromatic rings. The van der Waals surface area contributed by atoms with Crippen molar-refractivity contribution in [1.29, 1.82) is 0 Å². The summed E-state index contributed by atoms with van der Waals surface area (Å²) in [6, 6.07) is 4.90. The van der Waals surface area contributed by atoms with E-state index >= 15 is 0 Å². The van der Waals surface area contributed by atoms with E-state index in [1.165, 1.54) is 6.07 Å². The van der Waals surface area contributed by atoms with Gasteiger partial charge in [-0.1, -0.05) is 38.4 Å². The number of halogens is 2. The fourth-order valence-electron chi connectivity index (χ4n) is 2.09. The monoisotopic (exact) mass is 299 g/mol. The predicted molar refractivity (Wildman–Crippen MR) is 85.8 cm³/mol. The molecule has 0 saturated carbocycles. The van der Waals surface area contributed by atoms with Crippen molar-refractivity contribution in [2.75, 3.05) is 6.54 Å². The van der Waals surface area contributed by atoms with Crippen LogP contribution in [0.4, 0.5) is 4.39 Å². The molecule has 0 heterocycles. The van der Waals surface area contributed by atoms with Gasteiger partial charge in [-0.3, -0.25) is 0 Å². The Hall–Kier alpha value is -0.600. The van der Waals surface area contributed by atoms with Gasteiger partial charge in [0.2, 0.25) is 0 Å². The molecule has 114 valence electrons. The number of nitrogens with one attached hydrogen (secondary N) is 1. The first-order valence-corrected chi connectivity index (χ1v) is 7.56. The highest BCUT2D eigenvalue weighted by Crippen LogP contribution is 2.32. The summed E-state index contributed by atoms with van der Waals surface area (Å²) in [6.45, 7) is 13.8. The van der Waals surface area contributed by atoms with Gasteiger partial charge in [0.1, 0.15) is 5.82 Å². The van der Waals surface area contributed by atoms with Gasteiger partial charge in [0.25, 0.3) is 0 Å². The Balaban J connectivity index is 2.91. The molecule has 1 atom stereocenters. The lowest BCUT2D eigenvalue weighted by molar-refractivity contribution is 0.212. The van der Waals surface area contributed by atoms with Crippen LogP contribution in [0.5, 0.6) is 0 Å². The molecule has 0 spiro atoms. The molecule has 0 aliphatic heterocycles. The van der Waals surface area contributed by atoms with Crippen LogP contribution in [-0.4, -0.2) is 12.1 Å². The summed E-state index contributed by atoms with van der Waals surface area (Å²) in [5.74, 6) is 0.110. The zero-order valence-electron chi connectivity index (χ0n) is 13.5. The van der Waals surface area contributed by atoms with Crippen LogP contribution in [0, 0.1) is 17.2 Å². The smallest absolute Gasteiger partial charge is 0.127 e. The third-order valence-corrected chi connectivity index (χ3v) is 3.97. The minimum atomic E-state index is -0.206. The summed E-state index contributed by atoms with van der Waals surface area (Å²) in [5.41, 5.74) is 0.775. The third-order valence-electron chi connectivity index (χ3n) is 3.62. The van der Waals surface area contributed by atoms with Gasteiger partial charge in [0.05, 0.1) is 0 Å². The van der Waals surface area contributed by atoms with Gasteiger partial charge >= 0.3 is 0 Å². The topological polar surface area (TPSA) is 12.0 Å². The molecule has 1 aromatic carbocycles. The van der Waals surface area contributed by atoms with Crippen LogP contribution in [0.25, 0.3) is 0 Å². The van der Waals surface area contributed by atoms with E-state index in [-0.39, 0.29) is 16.8 Å². The second-order valence-corrected chi connectivity index (χ2v) is 8.01. The van der Waals surface area contributed by atoms with Crippen molar-refractivity contribution in [2.24, 2.45) is 11.3 Å².